The third kappa shape index (κ3) is 4.10. The maximum Gasteiger partial charge on any atom is 0.190 e. The highest BCUT2D eigenvalue weighted by Crippen LogP contribution is 2.42. The van der Waals surface area contributed by atoms with Crippen molar-refractivity contribution in [1.82, 2.24) is 9.97 Å². The smallest absolute Gasteiger partial charge is 0.190 e. The minimum absolute atomic E-state index is 0.112. The molecule has 1 aliphatic rings. The molecule has 3 heterocycles. The van der Waals surface area contributed by atoms with Crippen LogP contribution in [-0.2, 0) is 17.8 Å². The molecular formula is C18H27N3O2S2. The number of thioether (sulfide) groups is 1. The van der Waals surface area contributed by atoms with Gasteiger partial charge in [0.2, 0.25) is 0 Å². The Bertz CT molecular complexity index is 735. The van der Waals surface area contributed by atoms with Crippen molar-refractivity contribution in [1.29, 1.82) is 0 Å². The number of hydrogen-bond donors (Lipinski definition) is 2. The van der Waals surface area contributed by atoms with Gasteiger partial charge in [0.25, 0.3) is 0 Å². The molecule has 1 atom stereocenters. The number of ether oxygens (including phenoxy) is 1. The fourth-order valence-corrected chi connectivity index (χ4v) is 4.81. The number of fused-ring (bicyclic) bond motifs is 3. The number of anilines is 1. The van der Waals surface area contributed by atoms with E-state index in [2.05, 4.69) is 26.1 Å². The van der Waals surface area contributed by atoms with E-state index in [9.17, 15) is 0 Å². The number of nitrogens with zero attached hydrogens (tertiary/aromatic N) is 2. The molecule has 1 aliphatic heterocycles. The Labute approximate surface area is 157 Å². The van der Waals surface area contributed by atoms with Crippen LogP contribution >= 0.6 is 23.1 Å². The minimum atomic E-state index is -0.112. The zero-order chi connectivity index (χ0) is 17.9. The number of nitrogens with one attached hydrogen (secondary N) is 1. The van der Waals surface area contributed by atoms with Gasteiger partial charge in [0.05, 0.1) is 17.6 Å². The van der Waals surface area contributed by atoms with Crippen molar-refractivity contribution in [2.45, 2.75) is 63.8 Å². The van der Waals surface area contributed by atoms with E-state index in [0.29, 0.717) is 19.6 Å². The summed E-state index contributed by atoms with van der Waals surface area (Å²) in [7, 11) is 0. The van der Waals surface area contributed by atoms with Gasteiger partial charge in [-0.2, -0.15) is 0 Å². The number of rotatable bonds is 8. The molecule has 0 amide bonds. The average Bonchev–Trinajstić information content (AvgIpc) is 2.97. The van der Waals surface area contributed by atoms with Gasteiger partial charge in [0.15, 0.2) is 5.16 Å². The van der Waals surface area contributed by atoms with Gasteiger partial charge in [-0.25, -0.2) is 9.97 Å². The molecule has 3 rings (SSSR count). The first kappa shape index (κ1) is 18.9. The van der Waals surface area contributed by atoms with Crippen LogP contribution in [0.15, 0.2) is 5.16 Å². The highest BCUT2D eigenvalue weighted by atomic mass is 32.2. The minimum Gasteiger partial charge on any atom is -0.396 e. The van der Waals surface area contributed by atoms with Crippen LogP contribution in [0.25, 0.3) is 10.2 Å². The van der Waals surface area contributed by atoms with E-state index in [1.807, 2.05) is 0 Å². The zero-order valence-electron chi connectivity index (χ0n) is 15.2. The Hall–Kier alpha value is -0.890. The lowest BCUT2D eigenvalue weighted by atomic mass is 9.90. The van der Waals surface area contributed by atoms with E-state index in [0.717, 1.165) is 46.2 Å². The summed E-state index contributed by atoms with van der Waals surface area (Å²) >= 11 is 3.44. The first-order valence-electron chi connectivity index (χ1n) is 9.04. The monoisotopic (exact) mass is 381 g/mol. The largest absolute Gasteiger partial charge is 0.396 e. The maximum absolute atomic E-state index is 9.09. The predicted molar refractivity (Wildman–Crippen MR) is 106 cm³/mol. The number of thiophene rings is 1. The molecule has 0 aromatic carbocycles. The molecule has 138 valence electrons. The van der Waals surface area contributed by atoms with Crippen LogP contribution in [0.1, 0.15) is 50.5 Å². The zero-order valence-corrected chi connectivity index (χ0v) is 16.9. The lowest BCUT2D eigenvalue weighted by Gasteiger charge is -2.33. The van der Waals surface area contributed by atoms with Gasteiger partial charge in [-0.05, 0) is 31.7 Å². The lowest BCUT2D eigenvalue weighted by Crippen LogP contribution is -2.34. The second kappa shape index (κ2) is 8.20. The SMILES string of the molecule is CCCSc1nc(NCCCO)c2c3c(sc2n1)CO[C@@](C)(CC)C3. The third-order valence-corrected chi connectivity index (χ3v) is 6.78. The predicted octanol–water partition coefficient (Wildman–Crippen LogP) is 4.23. The van der Waals surface area contributed by atoms with Crippen LogP contribution in [0.5, 0.6) is 0 Å². The van der Waals surface area contributed by atoms with E-state index in [4.69, 9.17) is 19.8 Å². The first-order valence-corrected chi connectivity index (χ1v) is 10.8. The van der Waals surface area contributed by atoms with Gasteiger partial charge in [-0.3, -0.25) is 0 Å². The maximum atomic E-state index is 9.09. The molecule has 0 aliphatic carbocycles. The van der Waals surface area contributed by atoms with Crippen LogP contribution in [0.2, 0.25) is 0 Å². The van der Waals surface area contributed by atoms with Crippen molar-refractivity contribution in [3.05, 3.63) is 10.4 Å². The summed E-state index contributed by atoms with van der Waals surface area (Å²) in [6, 6.07) is 0. The Morgan fingerprint density at radius 2 is 2.20 bits per heavy atom. The molecule has 0 bridgehead atoms. The summed E-state index contributed by atoms with van der Waals surface area (Å²) in [5.74, 6) is 1.93. The molecule has 0 saturated heterocycles. The lowest BCUT2D eigenvalue weighted by molar-refractivity contribution is -0.0542. The molecule has 5 nitrogen and oxygen atoms in total. The normalized spacial score (nSPS) is 20.0. The molecule has 7 heteroatoms. The van der Waals surface area contributed by atoms with E-state index < -0.39 is 0 Å². The summed E-state index contributed by atoms with van der Waals surface area (Å²) in [6.45, 7) is 8.09. The molecule has 25 heavy (non-hydrogen) atoms. The highest BCUT2D eigenvalue weighted by Gasteiger charge is 2.33. The summed E-state index contributed by atoms with van der Waals surface area (Å²) in [6.07, 6.45) is 3.70. The van der Waals surface area contributed by atoms with E-state index >= 15 is 0 Å². The number of aromatic nitrogens is 2. The Kier molecular flexibility index (Phi) is 6.20. The Morgan fingerprint density at radius 1 is 1.36 bits per heavy atom. The van der Waals surface area contributed by atoms with Crippen molar-refractivity contribution in [3.63, 3.8) is 0 Å². The molecule has 0 fully saturated rings. The summed E-state index contributed by atoms with van der Waals surface area (Å²) < 4.78 is 6.11. The van der Waals surface area contributed by atoms with Crippen LogP contribution in [0.4, 0.5) is 5.82 Å². The molecule has 0 spiro atoms. The molecule has 2 N–H and O–H groups in total. The van der Waals surface area contributed by atoms with Crippen molar-refractivity contribution in [2.24, 2.45) is 0 Å². The molecule has 2 aromatic heterocycles. The van der Waals surface area contributed by atoms with E-state index in [1.54, 1.807) is 23.1 Å². The van der Waals surface area contributed by atoms with Gasteiger partial charge in [0, 0.05) is 30.2 Å². The number of aliphatic hydroxyl groups is 1. The van der Waals surface area contributed by atoms with Gasteiger partial charge in [-0.15, -0.1) is 11.3 Å². The third-order valence-electron chi connectivity index (χ3n) is 4.63. The fourth-order valence-electron chi connectivity index (χ4n) is 2.95. The van der Waals surface area contributed by atoms with Crippen molar-refractivity contribution < 1.29 is 9.84 Å². The Balaban J connectivity index is 2.03. The quantitative estimate of drug-likeness (QED) is 0.405. The van der Waals surface area contributed by atoms with Crippen LogP contribution in [0, 0.1) is 0 Å². The standard InChI is InChI=1S/C18H27N3O2S2/c1-4-9-24-17-20-15(19-7-6-8-22)14-12-10-18(3,5-2)23-11-13(12)25-16(14)21-17/h22H,4-11H2,1-3H3,(H,19,20,21)/t18-/m0/s1. The second-order valence-corrected chi connectivity index (χ2v) is 8.81. The van der Waals surface area contributed by atoms with Crippen LogP contribution < -0.4 is 5.32 Å². The summed E-state index contributed by atoms with van der Waals surface area (Å²) in [5.41, 5.74) is 1.23. The summed E-state index contributed by atoms with van der Waals surface area (Å²) in [4.78, 5) is 11.9. The van der Waals surface area contributed by atoms with Crippen molar-refractivity contribution in [3.8, 4) is 0 Å². The van der Waals surface area contributed by atoms with Gasteiger partial charge < -0.3 is 15.2 Å². The summed E-state index contributed by atoms with van der Waals surface area (Å²) in [5, 5.41) is 14.5. The van der Waals surface area contributed by atoms with E-state index in [-0.39, 0.29) is 12.2 Å². The molecule has 0 unspecified atom stereocenters. The molecule has 0 saturated carbocycles. The van der Waals surface area contributed by atoms with Gasteiger partial charge in [-0.1, -0.05) is 25.6 Å². The van der Waals surface area contributed by atoms with Crippen molar-refractivity contribution in [2.75, 3.05) is 24.2 Å². The van der Waals surface area contributed by atoms with Crippen molar-refractivity contribution >= 4 is 39.1 Å². The van der Waals surface area contributed by atoms with Crippen LogP contribution in [-0.4, -0.2) is 39.6 Å². The highest BCUT2D eigenvalue weighted by molar-refractivity contribution is 7.99. The average molecular weight is 382 g/mol. The molecule has 0 radical (unpaired) electrons. The number of aliphatic hydroxyl groups excluding tert-OH is 1. The van der Waals surface area contributed by atoms with Gasteiger partial charge >= 0.3 is 0 Å². The second-order valence-electron chi connectivity index (χ2n) is 6.66. The fraction of sp³-hybridized carbons (Fsp3) is 0.667. The topological polar surface area (TPSA) is 67.3 Å². The molecular weight excluding hydrogens is 354 g/mol. The first-order chi connectivity index (χ1) is 12.1. The van der Waals surface area contributed by atoms with E-state index in [1.165, 1.54) is 10.4 Å². The molecule has 2 aromatic rings. The van der Waals surface area contributed by atoms with Crippen LogP contribution in [0.3, 0.4) is 0 Å². The van der Waals surface area contributed by atoms with Gasteiger partial charge in [0.1, 0.15) is 10.6 Å². The Morgan fingerprint density at radius 3 is 2.92 bits per heavy atom. The number of hydrogen-bond acceptors (Lipinski definition) is 7.